The monoisotopic (exact) mass is 417 g/mol. The van der Waals surface area contributed by atoms with Crippen LogP contribution in [0.15, 0.2) is 53.1 Å². The van der Waals surface area contributed by atoms with Crippen molar-refractivity contribution in [3.63, 3.8) is 0 Å². The molecule has 5 rings (SSSR count). The number of carbonyl (C=O) groups is 1. The lowest BCUT2D eigenvalue weighted by Gasteiger charge is -2.31. The van der Waals surface area contributed by atoms with Gasteiger partial charge >= 0.3 is 0 Å². The van der Waals surface area contributed by atoms with Gasteiger partial charge in [-0.05, 0) is 54.6 Å². The SMILES string of the molecule is O=C(NC1CCCCC1)c1cc([C@@H]2CCCN(Cc3ccc4ccccc4c3)C2)no1. The molecule has 2 heterocycles. The van der Waals surface area contributed by atoms with Crippen LogP contribution in [0.3, 0.4) is 0 Å². The summed E-state index contributed by atoms with van der Waals surface area (Å²) in [6, 6.07) is 17.4. The topological polar surface area (TPSA) is 58.4 Å². The van der Waals surface area contributed by atoms with E-state index in [0.717, 1.165) is 51.0 Å². The molecule has 5 heteroatoms. The van der Waals surface area contributed by atoms with Crippen molar-refractivity contribution < 1.29 is 9.32 Å². The van der Waals surface area contributed by atoms with Gasteiger partial charge in [-0.15, -0.1) is 0 Å². The molecule has 1 aliphatic carbocycles. The van der Waals surface area contributed by atoms with Crippen molar-refractivity contribution in [2.45, 2.75) is 63.5 Å². The molecule has 1 amide bonds. The number of hydrogen-bond acceptors (Lipinski definition) is 4. The van der Waals surface area contributed by atoms with Gasteiger partial charge in [0.2, 0.25) is 5.76 Å². The number of fused-ring (bicyclic) bond motifs is 1. The Labute approximate surface area is 183 Å². The molecule has 0 radical (unpaired) electrons. The van der Waals surface area contributed by atoms with Crippen LogP contribution in [-0.2, 0) is 6.54 Å². The van der Waals surface area contributed by atoms with E-state index in [4.69, 9.17) is 4.52 Å². The normalized spacial score (nSPS) is 20.7. The zero-order valence-corrected chi connectivity index (χ0v) is 18.1. The van der Waals surface area contributed by atoms with E-state index in [-0.39, 0.29) is 11.9 Å². The summed E-state index contributed by atoms with van der Waals surface area (Å²) < 4.78 is 5.44. The van der Waals surface area contributed by atoms with Crippen LogP contribution in [0.5, 0.6) is 0 Å². The minimum atomic E-state index is -0.116. The first kappa shape index (κ1) is 20.3. The van der Waals surface area contributed by atoms with Crippen LogP contribution in [-0.4, -0.2) is 35.1 Å². The molecule has 1 saturated carbocycles. The third-order valence-electron chi connectivity index (χ3n) is 6.84. The first-order valence-electron chi connectivity index (χ1n) is 11.7. The predicted octanol–water partition coefficient (Wildman–Crippen LogP) is 5.27. The minimum Gasteiger partial charge on any atom is -0.351 e. The van der Waals surface area contributed by atoms with Gasteiger partial charge in [0.25, 0.3) is 5.91 Å². The Morgan fingerprint density at radius 1 is 1.00 bits per heavy atom. The van der Waals surface area contributed by atoms with Crippen LogP contribution < -0.4 is 5.32 Å². The molecule has 0 spiro atoms. The summed E-state index contributed by atoms with van der Waals surface area (Å²) in [5, 5.41) is 9.97. The molecular formula is C26H31N3O2. The van der Waals surface area contributed by atoms with E-state index >= 15 is 0 Å². The number of likely N-dealkylation sites (tertiary alicyclic amines) is 1. The fourth-order valence-corrected chi connectivity index (χ4v) is 5.13. The molecule has 2 aromatic carbocycles. The highest BCUT2D eigenvalue weighted by Gasteiger charge is 2.26. The van der Waals surface area contributed by atoms with Gasteiger partial charge in [-0.2, -0.15) is 0 Å². The Kier molecular flexibility index (Phi) is 6.03. The van der Waals surface area contributed by atoms with Crippen LogP contribution in [0.25, 0.3) is 10.8 Å². The summed E-state index contributed by atoms with van der Waals surface area (Å²) in [7, 11) is 0. The van der Waals surface area contributed by atoms with E-state index in [0.29, 0.717) is 11.7 Å². The van der Waals surface area contributed by atoms with Gasteiger partial charge in [0.1, 0.15) is 0 Å². The minimum absolute atomic E-state index is 0.116. The lowest BCUT2D eigenvalue weighted by atomic mass is 9.94. The molecule has 2 fully saturated rings. The zero-order chi connectivity index (χ0) is 21.0. The van der Waals surface area contributed by atoms with E-state index in [2.05, 4.69) is 57.8 Å². The number of nitrogens with one attached hydrogen (secondary N) is 1. The van der Waals surface area contributed by atoms with Gasteiger partial charge in [-0.1, -0.05) is 60.8 Å². The summed E-state index contributed by atoms with van der Waals surface area (Å²) in [5.41, 5.74) is 2.25. The molecule has 1 aromatic heterocycles. The standard InChI is InChI=1S/C26H31N3O2/c30-26(27-23-10-2-1-3-11-23)25-16-24(28-31-25)22-9-6-14-29(18-22)17-19-12-13-20-7-4-5-8-21(20)15-19/h4-5,7-8,12-13,15-16,22-23H,1-3,6,9-11,14,17-18H2,(H,27,30)/t22-/m1/s1. The summed E-state index contributed by atoms with van der Waals surface area (Å²) in [6.07, 6.45) is 8.02. The number of carbonyl (C=O) groups excluding carboxylic acids is 1. The Bertz CT molecular complexity index is 1040. The summed E-state index contributed by atoms with van der Waals surface area (Å²) in [5.74, 6) is 0.552. The number of hydrogen-bond donors (Lipinski definition) is 1. The lowest BCUT2D eigenvalue weighted by Crippen LogP contribution is -2.36. The molecule has 3 aromatic rings. The van der Waals surface area contributed by atoms with E-state index in [1.165, 1.54) is 35.6 Å². The van der Waals surface area contributed by atoms with Gasteiger partial charge in [-0.25, -0.2) is 0 Å². The zero-order valence-electron chi connectivity index (χ0n) is 18.1. The van der Waals surface area contributed by atoms with E-state index in [1.54, 1.807) is 0 Å². The van der Waals surface area contributed by atoms with Crippen molar-refractivity contribution in [3.8, 4) is 0 Å². The molecule has 2 aliphatic rings. The highest BCUT2D eigenvalue weighted by molar-refractivity contribution is 5.91. The molecule has 1 saturated heterocycles. The molecule has 5 nitrogen and oxygen atoms in total. The average molecular weight is 418 g/mol. The molecule has 1 aliphatic heterocycles. The van der Waals surface area contributed by atoms with Crippen molar-refractivity contribution in [1.29, 1.82) is 0 Å². The number of piperidine rings is 1. The number of benzene rings is 2. The third-order valence-corrected chi connectivity index (χ3v) is 6.84. The van der Waals surface area contributed by atoms with Crippen LogP contribution in [0, 0.1) is 0 Å². The third kappa shape index (κ3) is 4.82. The van der Waals surface area contributed by atoms with Crippen molar-refractivity contribution in [1.82, 2.24) is 15.4 Å². The van der Waals surface area contributed by atoms with Crippen LogP contribution in [0.4, 0.5) is 0 Å². The number of aromatic nitrogens is 1. The molecule has 162 valence electrons. The van der Waals surface area contributed by atoms with E-state index in [9.17, 15) is 4.79 Å². The van der Waals surface area contributed by atoms with E-state index in [1.807, 2.05) is 6.07 Å². The maximum Gasteiger partial charge on any atom is 0.290 e. The Hall–Kier alpha value is -2.66. The fraction of sp³-hybridized carbons (Fsp3) is 0.462. The van der Waals surface area contributed by atoms with Crippen LogP contribution >= 0.6 is 0 Å². The average Bonchev–Trinajstić information content (AvgIpc) is 3.31. The highest BCUT2D eigenvalue weighted by Crippen LogP contribution is 2.28. The van der Waals surface area contributed by atoms with Gasteiger partial charge in [0.05, 0.1) is 5.69 Å². The summed E-state index contributed by atoms with van der Waals surface area (Å²) in [6.45, 7) is 2.98. The molecule has 1 N–H and O–H groups in total. The summed E-state index contributed by atoms with van der Waals surface area (Å²) in [4.78, 5) is 15.1. The van der Waals surface area contributed by atoms with Crippen molar-refractivity contribution >= 4 is 16.7 Å². The first-order valence-corrected chi connectivity index (χ1v) is 11.7. The Balaban J connectivity index is 1.21. The molecular weight excluding hydrogens is 386 g/mol. The highest BCUT2D eigenvalue weighted by atomic mass is 16.5. The van der Waals surface area contributed by atoms with Gasteiger partial charge in [-0.3, -0.25) is 9.69 Å². The fourth-order valence-electron chi connectivity index (χ4n) is 5.13. The Morgan fingerprint density at radius 2 is 1.84 bits per heavy atom. The number of rotatable bonds is 5. The first-order chi connectivity index (χ1) is 15.2. The maximum atomic E-state index is 12.6. The molecule has 0 unspecified atom stereocenters. The second-order valence-corrected chi connectivity index (χ2v) is 9.18. The maximum absolute atomic E-state index is 12.6. The Morgan fingerprint density at radius 3 is 2.71 bits per heavy atom. The quantitative estimate of drug-likeness (QED) is 0.614. The lowest BCUT2D eigenvalue weighted by molar-refractivity contribution is 0.0890. The largest absolute Gasteiger partial charge is 0.351 e. The van der Waals surface area contributed by atoms with Crippen molar-refractivity contribution in [2.24, 2.45) is 0 Å². The van der Waals surface area contributed by atoms with Gasteiger partial charge in [0.15, 0.2) is 0 Å². The predicted molar refractivity (Wildman–Crippen MR) is 122 cm³/mol. The smallest absolute Gasteiger partial charge is 0.290 e. The van der Waals surface area contributed by atoms with Crippen molar-refractivity contribution in [2.75, 3.05) is 13.1 Å². The van der Waals surface area contributed by atoms with E-state index < -0.39 is 0 Å². The van der Waals surface area contributed by atoms with Gasteiger partial charge < -0.3 is 9.84 Å². The molecule has 0 bridgehead atoms. The second kappa shape index (κ2) is 9.23. The van der Waals surface area contributed by atoms with Crippen molar-refractivity contribution in [3.05, 3.63) is 65.5 Å². The van der Waals surface area contributed by atoms with Gasteiger partial charge in [0, 0.05) is 31.1 Å². The molecule has 1 atom stereocenters. The second-order valence-electron chi connectivity index (χ2n) is 9.18. The van der Waals surface area contributed by atoms with Crippen LogP contribution in [0.1, 0.15) is 72.7 Å². The number of amides is 1. The number of nitrogens with zero attached hydrogens (tertiary/aromatic N) is 2. The molecule has 31 heavy (non-hydrogen) atoms. The van der Waals surface area contributed by atoms with Crippen LogP contribution in [0.2, 0.25) is 0 Å². The summed E-state index contributed by atoms with van der Waals surface area (Å²) >= 11 is 0.